The molecule has 2 heterocycles. The SMILES string of the molecule is CCC(NCCN1CCN(C)CC1)c1ccco1. The quantitative estimate of drug-likeness (QED) is 0.831. The van der Waals surface area contributed by atoms with Crippen LogP contribution in [0.3, 0.4) is 0 Å². The van der Waals surface area contributed by atoms with Gasteiger partial charge in [-0.05, 0) is 25.6 Å². The molecule has 1 aliphatic heterocycles. The first-order chi connectivity index (χ1) is 8.79. The van der Waals surface area contributed by atoms with Crippen molar-refractivity contribution in [1.82, 2.24) is 15.1 Å². The zero-order valence-electron chi connectivity index (χ0n) is 11.6. The molecule has 0 spiro atoms. The first-order valence-corrected chi connectivity index (χ1v) is 6.97. The normalized spacial score (nSPS) is 20.1. The Hall–Kier alpha value is -0.840. The summed E-state index contributed by atoms with van der Waals surface area (Å²) in [7, 11) is 2.19. The maximum absolute atomic E-state index is 5.46. The lowest BCUT2D eigenvalue weighted by atomic mass is 10.2. The van der Waals surface area contributed by atoms with Gasteiger partial charge in [-0.3, -0.25) is 4.90 Å². The smallest absolute Gasteiger partial charge is 0.120 e. The number of rotatable bonds is 6. The predicted octanol–water partition coefficient (Wildman–Crippen LogP) is 1.57. The Morgan fingerprint density at radius 3 is 2.72 bits per heavy atom. The largest absolute Gasteiger partial charge is 0.468 e. The molecule has 18 heavy (non-hydrogen) atoms. The van der Waals surface area contributed by atoms with Gasteiger partial charge in [0.2, 0.25) is 0 Å². The molecule has 4 nitrogen and oxygen atoms in total. The van der Waals surface area contributed by atoms with Crippen molar-refractivity contribution in [1.29, 1.82) is 0 Å². The first kappa shape index (κ1) is 13.6. The number of piperazine rings is 1. The third-order valence-corrected chi connectivity index (χ3v) is 3.71. The highest BCUT2D eigenvalue weighted by atomic mass is 16.3. The Morgan fingerprint density at radius 2 is 2.11 bits per heavy atom. The van der Waals surface area contributed by atoms with Gasteiger partial charge in [-0.1, -0.05) is 6.92 Å². The van der Waals surface area contributed by atoms with Gasteiger partial charge in [0.1, 0.15) is 5.76 Å². The van der Waals surface area contributed by atoms with E-state index in [0.29, 0.717) is 6.04 Å². The van der Waals surface area contributed by atoms with Crippen LogP contribution in [0.4, 0.5) is 0 Å². The van der Waals surface area contributed by atoms with Crippen LogP contribution in [0.25, 0.3) is 0 Å². The van der Waals surface area contributed by atoms with Crippen molar-refractivity contribution in [2.75, 3.05) is 46.3 Å². The van der Waals surface area contributed by atoms with E-state index in [4.69, 9.17) is 4.42 Å². The van der Waals surface area contributed by atoms with Crippen LogP contribution >= 0.6 is 0 Å². The molecule has 0 aromatic carbocycles. The van der Waals surface area contributed by atoms with Crippen LogP contribution in [0.2, 0.25) is 0 Å². The molecule has 0 saturated carbocycles. The van der Waals surface area contributed by atoms with Crippen LogP contribution in [0.15, 0.2) is 22.8 Å². The lowest BCUT2D eigenvalue weighted by Gasteiger charge is -2.32. The highest BCUT2D eigenvalue weighted by Gasteiger charge is 2.15. The molecule has 1 unspecified atom stereocenters. The molecule has 0 radical (unpaired) electrons. The third kappa shape index (κ3) is 3.83. The van der Waals surface area contributed by atoms with Gasteiger partial charge >= 0.3 is 0 Å². The minimum Gasteiger partial charge on any atom is -0.468 e. The predicted molar refractivity (Wildman–Crippen MR) is 73.7 cm³/mol. The minimum absolute atomic E-state index is 0.354. The number of likely N-dealkylation sites (N-methyl/N-ethyl adjacent to an activating group) is 1. The second-order valence-electron chi connectivity index (χ2n) is 5.08. The summed E-state index contributed by atoms with van der Waals surface area (Å²) in [5, 5.41) is 3.58. The average Bonchev–Trinajstić information content (AvgIpc) is 2.91. The van der Waals surface area contributed by atoms with E-state index in [1.54, 1.807) is 6.26 Å². The van der Waals surface area contributed by atoms with E-state index in [-0.39, 0.29) is 0 Å². The van der Waals surface area contributed by atoms with Gasteiger partial charge in [0.05, 0.1) is 12.3 Å². The number of furan rings is 1. The van der Waals surface area contributed by atoms with Crippen molar-refractivity contribution >= 4 is 0 Å². The van der Waals surface area contributed by atoms with Crippen molar-refractivity contribution in [3.05, 3.63) is 24.2 Å². The van der Waals surface area contributed by atoms with E-state index in [0.717, 1.165) is 25.3 Å². The standard InChI is InChI=1S/C14H25N3O/c1-3-13(14-5-4-12-18-14)15-6-7-17-10-8-16(2)9-11-17/h4-5,12-13,15H,3,6-11H2,1-2H3. The number of nitrogens with one attached hydrogen (secondary N) is 1. The van der Waals surface area contributed by atoms with Crippen LogP contribution in [0.1, 0.15) is 25.1 Å². The summed E-state index contributed by atoms with van der Waals surface area (Å²) in [6.45, 7) is 9.11. The zero-order chi connectivity index (χ0) is 12.8. The van der Waals surface area contributed by atoms with Crippen molar-refractivity contribution in [2.45, 2.75) is 19.4 Å². The summed E-state index contributed by atoms with van der Waals surface area (Å²) in [5.41, 5.74) is 0. The van der Waals surface area contributed by atoms with Crippen LogP contribution in [0, 0.1) is 0 Å². The fourth-order valence-electron chi connectivity index (χ4n) is 2.40. The van der Waals surface area contributed by atoms with Crippen molar-refractivity contribution in [2.24, 2.45) is 0 Å². The molecule has 1 atom stereocenters. The molecule has 1 fully saturated rings. The summed E-state index contributed by atoms with van der Waals surface area (Å²) in [5.74, 6) is 1.05. The third-order valence-electron chi connectivity index (χ3n) is 3.71. The average molecular weight is 251 g/mol. The number of hydrogen-bond donors (Lipinski definition) is 1. The van der Waals surface area contributed by atoms with Crippen molar-refractivity contribution < 1.29 is 4.42 Å². The first-order valence-electron chi connectivity index (χ1n) is 6.97. The lowest BCUT2D eigenvalue weighted by molar-refractivity contribution is 0.153. The van der Waals surface area contributed by atoms with Crippen molar-refractivity contribution in [3.8, 4) is 0 Å². The van der Waals surface area contributed by atoms with Gasteiger partial charge in [0.15, 0.2) is 0 Å². The van der Waals surface area contributed by atoms with Crippen LogP contribution < -0.4 is 5.32 Å². The molecule has 0 bridgehead atoms. The highest BCUT2D eigenvalue weighted by molar-refractivity contribution is 5.03. The second-order valence-corrected chi connectivity index (χ2v) is 5.08. The molecular weight excluding hydrogens is 226 g/mol. The molecule has 102 valence electrons. The Balaban J connectivity index is 1.68. The molecule has 2 rings (SSSR count). The van der Waals surface area contributed by atoms with Gasteiger partial charge in [-0.25, -0.2) is 0 Å². The molecule has 4 heteroatoms. The topological polar surface area (TPSA) is 31.6 Å². The molecule has 1 saturated heterocycles. The van der Waals surface area contributed by atoms with Crippen molar-refractivity contribution in [3.63, 3.8) is 0 Å². The Labute approximate surface area is 110 Å². The lowest BCUT2D eigenvalue weighted by Crippen LogP contribution is -2.46. The molecule has 1 aliphatic rings. The summed E-state index contributed by atoms with van der Waals surface area (Å²) in [6.07, 6.45) is 2.82. The van der Waals surface area contributed by atoms with E-state index in [1.165, 1.54) is 26.2 Å². The highest BCUT2D eigenvalue weighted by Crippen LogP contribution is 2.16. The molecule has 1 aromatic rings. The van der Waals surface area contributed by atoms with Gasteiger partial charge in [0.25, 0.3) is 0 Å². The minimum atomic E-state index is 0.354. The number of hydrogen-bond acceptors (Lipinski definition) is 4. The van der Waals surface area contributed by atoms with Crippen LogP contribution in [-0.4, -0.2) is 56.1 Å². The Bertz CT molecular complexity index is 318. The van der Waals surface area contributed by atoms with Gasteiger partial charge in [0, 0.05) is 39.3 Å². The van der Waals surface area contributed by atoms with Crippen LogP contribution in [-0.2, 0) is 0 Å². The molecular formula is C14H25N3O. The maximum atomic E-state index is 5.46. The molecule has 1 N–H and O–H groups in total. The summed E-state index contributed by atoms with van der Waals surface area (Å²) in [4.78, 5) is 4.92. The number of nitrogens with zero attached hydrogens (tertiary/aromatic N) is 2. The van der Waals surface area contributed by atoms with Gasteiger partial charge in [-0.2, -0.15) is 0 Å². The molecule has 1 aromatic heterocycles. The fraction of sp³-hybridized carbons (Fsp3) is 0.714. The molecule has 0 amide bonds. The second kappa shape index (κ2) is 6.92. The summed E-state index contributed by atoms with van der Waals surface area (Å²) >= 11 is 0. The Morgan fingerprint density at radius 1 is 1.33 bits per heavy atom. The van der Waals surface area contributed by atoms with E-state index in [2.05, 4.69) is 35.2 Å². The molecule has 0 aliphatic carbocycles. The summed E-state index contributed by atoms with van der Waals surface area (Å²) < 4.78 is 5.46. The zero-order valence-corrected chi connectivity index (χ0v) is 11.6. The van der Waals surface area contributed by atoms with E-state index in [1.807, 2.05) is 6.07 Å². The monoisotopic (exact) mass is 251 g/mol. The van der Waals surface area contributed by atoms with Crippen LogP contribution in [0.5, 0.6) is 0 Å². The summed E-state index contributed by atoms with van der Waals surface area (Å²) in [6, 6.07) is 4.37. The fourth-order valence-corrected chi connectivity index (χ4v) is 2.40. The van der Waals surface area contributed by atoms with E-state index < -0.39 is 0 Å². The maximum Gasteiger partial charge on any atom is 0.120 e. The van der Waals surface area contributed by atoms with E-state index in [9.17, 15) is 0 Å². The Kier molecular flexibility index (Phi) is 5.23. The van der Waals surface area contributed by atoms with Gasteiger partial charge in [-0.15, -0.1) is 0 Å². The van der Waals surface area contributed by atoms with E-state index >= 15 is 0 Å². The van der Waals surface area contributed by atoms with Gasteiger partial charge < -0.3 is 14.6 Å².